The highest BCUT2D eigenvalue weighted by molar-refractivity contribution is 5.87. The molecule has 0 N–H and O–H groups in total. The van der Waals surface area contributed by atoms with Crippen LogP contribution in [0.25, 0.3) is 0 Å². The maximum absolute atomic E-state index is 12.0. The van der Waals surface area contributed by atoms with Crippen molar-refractivity contribution in [2.75, 3.05) is 19.8 Å². The van der Waals surface area contributed by atoms with Crippen molar-refractivity contribution in [2.24, 2.45) is 0 Å². The number of para-hydroxylation sites is 2. The molecule has 31 heavy (non-hydrogen) atoms. The van der Waals surface area contributed by atoms with Crippen molar-refractivity contribution in [3.8, 4) is 11.5 Å². The van der Waals surface area contributed by atoms with E-state index in [1.54, 1.807) is 0 Å². The van der Waals surface area contributed by atoms with Crippen LogP contribution < -0.4 is 9.47 Å². The lowest BCUT2D eigenvalue weighted by molar-refractivity contribution is -0.139. The van der Waals surface area contributed by atoms with Gasteiger partial charge in [0.05, 0.1) is 19.8 Å². The summed E-state index contributed by atoms with van der Waals surface area (Å²) in [5.74, 6) is 1.58. The van der Waals surface area contributed by atoms with Crippen LogP contribution in [0.2, 0.25) is 0 Å². The summed E-state index contributed by atoms with van der Waals surface area (Å²) >= 11 is 0. The minimum Gasteiger partial charge on any atom is -0.494 e. The molecule has 0 amide bonds. The molecule has 0 atom stereocenters. The van der Waals surface area contributed by atoms with Crippen molar-refractivity contribution in [1.29, 1.82) is 0 Å². The van der Waals surface area contributed by atoms with Gasteiger partial charge in [0.25, 0.3) is 0 Å². The molecule has 0 saturated heterocycles. The molecular formula is C27H36O4. The summed E-state index contributed by atoms with van der Waals surface area (Å²) in [5, 5.41) is 0. The Morgan fingerprint density at radius 1 is 0.613 bits per heavy atom. The molecule has 0 heterocycles. The highest BCUT2D eigenvalue weighted by Gasteiger charge is 2.08. The molecule has 0 saturated carbocycles. The van der Waals surface area contributed by atoms with Gasteiger partial charge in [0.15, 0.2) is 0 Å². The SMILES string of the molecule is C=C(CCCCCCOc1ccccc1)C(=O)OCCCCCCOc1ccccc1. The summed E-state index contributed by atoms with van der Waals surface area (Å²) in [6, 6.07) is 19.7. The second-order valence-electron chi connectivity index (χ2n) is 7.64. The molecule has 0 fully saturated rings. The van der Waals surface area contributed by atoms with Crippen molar-refractivity contribution < 1.29 is 19.0 Å². The first-order valence-corrected chi connectivity index (χ1v) is 11.5. The molecule has 0 radical (unpaired) electrons. The Hall–Kier alpha value is -2.75. The van der Waals surface area contributed by atoms with E-state index >= 15 is 0 Å². The van der Waals surface area contributed by atoms with Gasteiger partial charge in [-0.05, 0) is 69.2 Å². The summed E-state index contributed by atoms with van der Waals surface area (Å²) < 4.78 is 16.7. The van der Waals surface area contributed by atoms with Crippen molar-refractivity contribution in [3.63, 3.8) is 0 Å². The normalized spacial score (nSPS) is 10.5. The van der Waals surface area contributed by atoms with Crippen molar-refractivity contribution in [2.45, 2.75) is 57.8 Å². The molecule has 4 heteroatoms. The van der Waals surface area contributed by atoms with Crippen LogP contribution in [0.15, 0.2) is 72.8 Å². The average Bonchev–Trinajstić information content (AvgIpc) is 2.81. The van der Waals surface area contributed by atoms with E-state index in [9.17, 15) is 4.79 Å². The fraction of sp³-hybridized carbons (Fsp3) is 0.444. The van der Waals surface area contributed by atoms with E-state index in [1.165, 1.54) is 0 Å². The lowest BCUT2D eigenvalue weighted by atomic mass is 10.1. The van der Waals surface area contributed by atoms with Gasteiger partial charge in [-0.1, -0.05) is 55.8 Å². The Morgan fingerprint density at radius 3 is 1.58 bits per heavy atom. The van der Waals surface area contributed by atoms with E-state index in [1.807, 2.05) is 60.7 Å². The Morgan fingerprint density at radius 2 is 1.06 bits per heavy atom. The molecule has 0 aliphatic heterocycles. The minimum absolute atomic E-state index is 0.250. The largest absolute Gasteiger partial charge is 0.494 e. The molecule has 0 unspecified atom stereocenters. The quantitative estimate of drug-likeness (QED) is 0.160. The van der Waals surface area contributed by atoms with Gasteiger partial charge in [-0.25, -0.2) is 4.79 Å². The summed E-state index contributed by atoms with van der Waals surface area (Å²) in [6.07, 6.45) is 8.82. The first-order valence-electron chi connectivity index (χ1n) is 11.5. The molecule has 0 aliphatic carbocycles. The van der Waals surface area contributed by atoms with Crippen molar-refractivity contribution in [3.05, 3.63) is 72.8 Å². The second-order valence-corrected chi connectivity index (χ2v) is 7.64. The molecule has 2 aromatic rings. The lowest BCUT2D eigenvalue weighted by Gasteiger charge is -2.08. The number of carbonyl (C=O) groups is 1. The standard InChI is InChI=1S/C27H36O4/c1-24(16-8-2-3-13-21-29-25-17-9-6-10-18-25)27(28)31-23-15-5-4-14-22-30-26-19-11-7-12-20-26/h6-7,9-12,17-20H,1-5,8,13-16,21-23H2. The number of rotatable bonds is 17. The Balaban J connectivity index is 1.36. The van der Waals surface area contributed by atoms with E-state index in [0.29, 0.717) is 18.6 Å². The minimum atomic E-state index is -0.250. The number of hydrogen-bond donors (Lipinski definition) is 0. The smallest absolute Gasteiger partial charge is 0.333 e. The third-order valence-electron chi connectivity index (χ3n) is 4.96. The van der Waals surface area contributed by atoms with Gasteiger partial charge in [-0.15, -0.1) is 0 Å². The zero-order valence-electron chi connectivity index (χ0n) is 18.6. The van der Waals surface area contributed by atoms with E-state index < -0.39 is 0 Å². The average molecular weight is 425 g/mol. The third-order valence-corrected chi connectivity index (χ3v) is 4.96. The summed E-state index contributed by atoms with van der Waals surface area (Å²) in [4.78, 5) is 12.0. The zero-order valence-corrected chi connectivity index (χ0v) is 18.6. The van der Waals surface area contributed by atoms with Gasteiger partial charge in [0.2, 0.25) is 0 Å². The van der Waals surface area contributed by atoms with Crippen LogP contribution in [0.4, 0.5) is 0 Å². The number of carbonyl (C=O) groups excluding carboxylic acids is 1. The highest BCUT2D eigenvalue weighted by atomic mass is 16.5. The van der Waals surface area contributed by atoms with Crippen LogP contribution in [0.5, 0.6) is 11.5 Å². The number of hydrogen-bond acceptors (Lipinski definition) is 4. The predicted molar refractivity (Wildman–Crippen MR) is 126 cm³/mol. The first-order chi connectivity index (χ1) is 15.3. The monoisotopic (exact) mass is 424 g/mol. The second kappa shape index (κ2) is 16.0. The number of benzene rings is 2. The van der Waals surface area contributed by atoms with E-state index in [-0.39, 0.29) is 5.97 Å². The molecule has 2 aromatic carbocycles. The van der Waals surface area contributed by atoms with E-state index in [0.717, 1.165) is 76.1 Å². The third kappa shape index (κ3) is 11.9. The Labute approximate surface area is 187 Å². The summed E-state index contributed by atoms with van der Waals surface area (Å²) in [6.45, 7) is 5.80. The van der Waals surface area contributed by atoms with Crippen LogP contribution in [0, 0.1) is 0 Å². The molecular weight excluding hydrogens is 388 g/mol. The maximum Gasteiger partial charge on any atom is 0.333 e. The lowest BCUT2D eigenvalue weighted by Crippen LogP contribution is -2.08. The van der Waals surface area contributed by atoms with Crippen molar-refractivity contribution >= 4 is 5.97 Å². The van der Waals surface area contributed by atoms with Crippen LogP contribution >= 0.6 is 0 Å². The van der Waals surface area contributed by atoms with Gasteiger partial charge in [0.1, 0.15) is 11.5 Å². The Bertz CT molecular complexity index is 727. The van der Waals surface area contributed by atoms with Gasteiger partial charge >= 0.3 is 5.97 Å². The van der Waals surface area contributed by atoms with Crippen LogP contribution in [0.1, 0.15) is 57.8 Å². The number of esters is 1. The number of unbranched alkanes of at least 4 members (excludes halogenated alkanes) is 6. The summed E-state index contributed by atoms with van der Waals surface area (Å²) in [7, 11) is 0. The number of ether oxygens (including phenoxy) is 3. The Kier molecular flexibility index (Phi) is 12.7. The molecule has 0 aliphatic rings. The molecule has 0 bridgehead atoms. The van der Waals surface area contributed by atoms with E-state index in [4.69, 9.17) is 14.2 Å². The fourth-order valence-electron chi connectivity index (χ4n) is 3.13. The molecule has 168 valence electrons. The molecule has 0 spiro atoms. The van der Waals surface area contributed by atoms with Crippen LogP contribution in [0.3, 0.4) is 0 Å². The predicted octanol–water partition coefficient (Wildman–Crippen LogP) is 6.75. The van der Waals surface area contributed by atoms with Gasteiger partial charge in [-0.2, -0.15) is 0 Å². The van der Waals surface area contributed by atoms with Gasteiger partial charge < -0.3 is 14.2 Å². The van der Waals surface area contributed by atoms with Crippen LogP contribution in [-0.2, 0) is 9.53 Å². The van der Waals surface area contributed by atoms with Gasteiger partial charge in [-0.3, -0.25) is 0 Å². The van der Waals surface area contributed by atoms with Crippen LogP contribution in [-0.4, -0.2) is 25.8 Å². The van der Waals surface area contributed by atoms with E-state index in [2.05, 4.69) is 6.58 Å². The zero-order chi connectivity index (χ0) is 22.0. The van der Waals surface area contributed by atoms with Crippen molar-refractivity contribution in [1.82, 2.24) is 0 Å². The molecule has 2 rings (SSSR count). The highest BCUT2D eigenvalue weighted by Crippen LogP contribution is 2.13. The van der Waals surface area contributed by atoms with Gasteiger partial charge in [0, 0.05) is 5.57 Å². The first kappa shape index (κ1) is 24.5. The molecule has 0 aromatic heterocycles. The fourth-order valence-corrected chi connectivity index (χ4v) is 3.13. The maximum atomic E-state index is 12.0. The topological polar surface area (TPSA) is 44.8 Å². The molecule has 4 nitrogen and oxygen atoms in total. The summed E-state index contributed by atoms with van der Waals surface area (Å²) in [5.41, 5.74) is 0.580.